The number of amides is 2. The standard InChI is InChI=1S/C29H48N4O3/c1-22(2)29(21-30)11-6-9-26(19-29)33-12-10-25(20-33)31-28(35)24(17-23-7-4-3-5-8-23)18-27(34)32-13-15-36-16-14-32/h22-26H,3-20H2,1-2H3,(H,31,35)/t24-,25?,26?,29+/m1/s1. The predicted octanol–water partition coefficient (Wildman–Crippen LogP) is 4.12. The molecule has 0 aromatic rings. The Labute approximate surface area is 218 Å². The van der Waals surface area contributed by atoms with Crippen LogP contribution in [-0.2, 0) is 14.3 Å². The molecule has 0 bridgehead atoms. The topological polar surface area (TPSA) is 85.7 Å². The smallest absolute Gasteiger partial charge is 0.223 e. The van der Waals surface area contributed by atoms with E-state index in [1.54, 1.807) is 0 Å². The van der Waals surface area contributed by atoms with Crippen LogP contribution in [-0.4, -0.2) is 73.1 Å². The number of ether oxygens (including phenoxy) is 1. The third-order valence-electron chi connectivity index (χ3n) is 9.67. The fourth-order valence-electron chi connectivity index (χ4n) is 7.16. The summed E-state index contributed by atoms with van der Waals surface area (Å²) >= 11 is 0. The van der Waals surface area contributed by atoms with Gasteiger partial charge < -0.3 is 15.0 Å². The first kappa shape index (κ1) is 27.4. The van der Waals surface area contributed by atoms with Gasteiger partial charge in [-0.15, -0.1) is 0 Å². The Kier molecular flexibility index (Phi) is 9.69. The van der Waals surface area contributed by atoms with Crippen molar-refractivity contribution in [3.05, 3.63) is 0 Å². The van der Waals surface area contributed by atoms with Gasteiger partial charge in [-0.2, -0.15) is 5.26 Å². The third kappa shape index (κ3) is 6.81. The van der Waals surface area contributed by atoms with Crippen LogP contribution in [0.15, 0.2) is 0 Å². The van der Waals surface area contributed by atoms with E-state index < -0.39 is 0 Å². The molecule has 2 amide bonds. The maximum absolute atomic E-state index is 13.5. The summed E-state index contributed by atoms with van der Waals surface area (Å²) < 4.78 is 5.41. The van der Waals surface area contributed by atoms with Crippen LogP contribution in [0.5, 0.6) is 0 Å². The van der Waals surface area contributed by atoms with Crippen molar-refractivity contribution in [2.75, 3.05) is 39.4 Å². The zero-order valence-electron chi connectivity index (χ0n) is 22.7. The van der Waals surface area contributed by atoms with Gasteiger partial charge >= 0.3 is 0 Å². The Morgan fingerprint density at radius 3 is 2.50 bits per heavy atom. The minimum atomic E-state index is -0.237. The lowest BCUT2D eigenvalue weighted by molar-refractivity contribution is -0.140. The molecule has 2 saturated heterocycles. The largest absolute Gasteiger partial charge is 0.378 e. The summed E-state index contributed by atoms with van der Waals surface area (Å²) in [5.74, 6) is 0.869. The summed E-state index contributed by atoms with van der Waals surface area (Å²) in [6.07, 6.45) is 12.5. The molecule has 0 radical (unpaired) electrons. The number of carbonyl (C=O) groups excluding carboxylic acids is 2. The van der Waals surface area contributed by atoms with Gasteiger partial charge in [0.15, 0.2) is 0 Å². The highest BCUT2D eigenvalue weighted by atomic mass is 16.5. The molecular weight excluding hydrogens is 452 g/mol. The Balaban J connectivity index is 1.34. The molecule has 4 rings (SSSR count). The number of hydrogen-bond donors (Lipinski definition) is 1. The van der Waals surface area contributed by atoms with Crippen LogP contribution in [0.1, 0.15) is 90.9 Å². The average molecular weight is 501 g/mol. The molecule has 2 unspecified atom stereocenters. The van der Waals surface area contributed by atoms with Crippen LogP contribution in [0.3, 0.4) is 0 Å². The molecule has 7 heteroatoms. The molecule has 4 atom stereocenters. The summed E-state index contributed by atoms with van der Waals surface area (Å²) in [7, 11) is 0. The van der Waals surface area contributed by atoms with Crippen molar-refractivity contribution in [2.45, 2.75) is 103 Å². The Hall–Kier alpha value is -1.65. The van der Waals surface area contributed by atoms with Crippen molar-refractivity contribution in [1.82, 2.24) is 15.1 Å². The normalized spacial score (nSPS) is 31.2. The van der Waals surface area contributed by atoms with Crippen LogP contribution in [0, 0.1) is 34.5 Å². The first-order valence-electron chi connectivity index (χ1n) is 14.7. The maximum Gasteiger partial charge on any atom is 0.223 e. The van der Waals surface area contributed by atoms with E-state index in [1.165, 1.54) is 32.1 Å². The summed E-state index contributed by atoms with van der Waals surface area (Å²) in [6.45, 7) is 8.67. The molecule has 4 fully saturated rings. The molecule has 202 valence electrons. The zero-order chi connectivity index (χ0) is 25.5. The highest BCUT2D eigenvalue weighted by Crippen LogP contribution is 2.44. The summed E-state index contributed by atoms with van der Waals surface area (Å²) in [4.78, 5) is 31.0. The average Bonchev–Trinajstić information content (AvgIpc) is 3.37. The molecule has 2 heterocycles. The van der Waals surface area contributed by atoms with Gasteiger partial charge in [0.05, 0.1) is 24.7 Å². The summed E-state index contributed by atoms with van der Waals surface area (Å²) in [5.41, 5.74) is -0.213. The number of rotatable bonds is 8. The summed E-state index contributed by atoms with van der Waals surface area (Å²) in [5, 5.41) is 13.3. The molecule has 2 aliphatic carbocycles. The zero-order valence-corrected chi connectivity index (χ0v) is 22.7. The Morgan fingerprint density at radius 1 is 1.06 bits per heavy atom. The second-order valence-corrected chi connectivity index (χ2v) is 12.3. The van der Waals surface area contributed by atoms with Gasteiger partial charge in [-0.3, -0.25) is 14.5 Å². The molecule has 0 spiro atoms. The maximum atomic E-state index is 13.5. The number of likely N-dealkylation sites (tertiary alicyclic amines) is 1. The van der Waals surface area contributed by atoms with E-state index in [-0.39, 0.29) is 29.2 Å². The molecule has 1 N–H and O–H groups in total. The van der Waals surface area contributed by atoms with Gasteiger partial charge in [0.2, 0.25) is 11.8 Å². The number of nitriles is 1. The minimum Gasteiger partial charge on any atom is -0.378 e. The van der Waals surface area contributed by atoms with E-state index in [4.69, 9.17) is 4.74 Å². The number of carbonyl (C=O) groups is 2. The van der Waals surface area contributed by atoms with E-state index in [1.807, 2.05) is 4.90 Å². The number of hydrogen-bond acceptors (Lipinski definition) is 5. The lowest BCUT2D eigenvalue weighted by Crippen LogP contribution is -2.47. The molecule has 2 aliphatic heterocycles. The first-order valence-corrected chi connectivity index (χ1v) is 14.7. The lowest BCUT2D eigenvalue weighted by atomic mass is 9.66. The van der Waals surface area contributed by atoms with Crippen molar-refractivity contribution < 1.29 is 14.3 Å². The molecule has 0 aromatic heterocycles. The van der Waals surface area contributed by atoms with Crippen molar-refractivity contribution in [1.29, 1.82) is 5.26 Å². The second kappa shape index (κ2) is 12.7. The van der Waals surface area contributed by atoms with E-state index in [9.17, 15) is 14.9 Å². The van der Waals surface area contributed by atoms with Crippen LogP contribution in [0.2, 0.25) is 0 Å². The SMILES string of the molecule is CC(C)[C@@]1(C#N)CCCC(N2CCC(NC(=O)[C@@H](CC(=O)N3CCOCC3)CC3CCCCC3)C2)C1. The van der Waals surface area contributed by atoms with Crippen molar-refractivity contribution in [3.63, 3.8) is 0 Å². The van der Waals surface area contributed by atoms with Crippen LogP contribution in [0.25, 0.3) is 0 Å². The molecular formula is C29H48N4O3. The van der Waals surface area contributed by atoms with Crippen molar-refractivity contribution in [3.8, 4) is 6.07 Å². The van der Waals surface area contributed by atoms with Gasteiger partial charge in [0.25, 0.3) is 0 Å². The first-order chi connectivity index (χ1) is 17.4. The fraction of sp³-hybridized carbons (Fsp3) is 0.897. The highest BCUT2D eigenvalue weighted by molar-refractivity contribution is 5.86. The van der Waals surface area contributed by atoms with Gasteiger partial charge in [-0.25, -0.2) is 0 Å². The van der Waals surface area contributed by atoms with Gasteiger partial charge in [0.1, 0.15) is 0 Å². The quantitative estimate of drug-likeness (QED) is 0.542. The van der Waals surface area contributed by atoms with Crippen LogP contribution in [0.4, 0.5) is 0 Å². The van der Waals surface area contributed by atoms with Gasteiger partial charge in [-0.1, -0.05) is 52.4 Å². The van der Waals surface area contributed by atoms with E-state index in [0.29, 0.717) is 50.6 Å². The summed E-state index contributed by atoms with van der Waals surface area (Å²) in [6, 6.07) is 3.25. The fourth-order valence-corrected chi connectivity index (χ4v) is 7.16. The Bertz CT molecular complexity index is 784. The van der Waals surface area contributed by atoms with E-state index >= 15 is 0 Å². The molecule has 36 heavy (non-hydrogen) atoms. The highest BCUT2D eigenvalue weighted by Gasteiger charge is 2.42. The molecule has 7 nitrogen and oxygen atoms in total. The third-order valence-corrected chi connectivity index (χ3v) is 9.67. The molecule has 4 aliphatic rings. The van der Waals surface area contributed by atoms with Crippen molar-refractivity contribution >= 4 is 11.8 Å². The number of morpholine rings is 1. The number of nitrogens with one attached hydrogen (secondary N) is 1. The molecule has 2 saturated carbocycles. The van der Waals surface area contributed by atoms with E-state index in [2.05, 4.69) is 30.1 Å². The number of nitrogens with zero attached hydrogens (tertiary/aromatic N) is 3. The Morgan fingerprint density at radius 2 is 1.81 bits per heavy atom. The van der Waals surface area contributed by atoms with Crippen LogP contribution >= 0.6 is 0 Å². The monoisotopic (exact) mass is 500 g/mol. The second-order valence-electron chi connectivity index (χ2n) is 12.3. The van der Waals surface area contributed by atoms with Gasteiger partial charge in [0, 0.05) is 50.6 Å². The van der Waals surface area contributed by atoms with Crippen LogP contribution < -0.4 is 5.32 Å². The predicted molar refractivity (Wildman–Crippen MR) is 140 cm³/mol. The van der Waals surface area contributed by atoms with E-state index in [0.717, 1.165) is 51.6 Å². The minimum absolute atomic E-state index is 0.0752. The van der Waals surface area contributed by atoms with Gasteiger partial charge in [-0.05, 0) is 43.9 Å². The lowest BCUT2D eigenvalue weighted by Gasteiger charge is -2.42. The van der Waals surface area contributed by atoms with Crippen molar-refractivity contribution in [2.24, 2.45) is 23.2 Å². The molecule has 0 aromatic carbocycles.